The quantitative estimate of drug-likeness (QED) is 0.339. The SMILES string of the molecule is CCCCCC(NC(=O)OC(C)(C)C)C(=O)N1CCC2(CC1)c1cc(Br)ccc1-c1ccc(Br)cc12. The molecular weight excluding hydrogens is 584 g/mol. The van der Waals surface area contributed by atoms with Crippen LogP contribution in [0.4, 0.5) is 4.79 Å². The third kappa shape index (κ3) is 5.67. The molecule has 2 aromatic carbocycles. The molecule has 0 bridgehead atoms. The molecule has 2 aliphatic rings. The summed E-state index contributed by atoms with van der Waals surface area (Å²) in [5.74, 6) is -0.00580. The van der Waals surface area contributed by atoms with Gasteiger partial charge in [-0.15, -0.1) is 0 Å². The van der Waals surface area contributed by atoms with Crippen molar-refractivity contribution in [2.45, 2.75) is 83.3 Å². The Morgan fingerprint density at radius 1 is 1.00 bits per heavy atom. The highest BCUT2D eigenvalue weighted by atomic mass is 79.9. The molecule has 1 unspecified atom stereocenters. The maximum absolute atomic E-state index is 13.6. The lowest BCUT2D eigenvalue weighted by Gasteiger charge is -2.42. The zero-order valence-electron chi connectivity index (χ0n) is 21.6. The number of nitrogens with one attached hydrogen (secondary N) is 1. The average molecular weight is 620 g/mol. The van der Waals surface area contributed by atoms with Gasteiger partial charge in [0.2, 0.25) is 5.91 Å². The Kier molecular flexibility index (Phi) is 8.20. The Morgan fingerprint density at radius 2 is 1.56 bits per heavy atom. The van der Waals surface area contributed by atoms with Gasteiger partial charge in [-0.05, 0) is 86.6 Å². The summed E-state index contributed by atoms with van der Waals surface area (Å²) in [7, 11) is 0. The minimum absolute atomic E-state index is 0.00580. The van der Waals surface area contributed by atoms with Crippen LogP contribution in [-0.4, -0.2) is 41.6 Å². The van der Waals surface area contributed by atoms with Crippen LogP contribution in [0, 0.1) is 0 Å². The number of benzene rings is 2. The number of nitrogens with zero attached hydrogens (tertiary/aromatic N) is 1. The van der Waals surface area contributed by atoms with Crippen LogP contribution in [0.15, 0.2) is 45.3 Å². The molecule has 36 heavy (non-hydrogen) atoms. The summed E-state index contributed by atoms with van der Waals surface area (Å²) in [6.45, 7) is 8.93. The Balaban J connectivity index is 1.54. The van der Waals surface area contributed by atoms with Crippen LogP contribution in [0.2, 0.25) is 0 Å². The van der Waals surface area contributed by atoms with Crippen LogP contribution in [-0.2, 0) is 14.9 Å². The van der Waals surface area contributed by atoms with Crippen LogP contribution in [0.25, 0.3) is 11.1 Å². The molecule has 1 N–H and O–H groups in total. The number of ether oxygens (including phenoxy) is 1. The third-order valence-corrected chi connectivity index (χ3v) is 8.29. The zero-order valence-corrected chi connectivity index (χ0v) is 24.8. The molecule has 5 nitrogen and oxygen atoms in total. The topological polar surface area (TPSA) is 58.6 Å². The summed E-state index contributed by atoms with van der Waals surface area (Å²) >= 11 is 7.35. The molecule has 4 rings (SSSR count). The second kappa shape index (κ2) is 10.9. The second-order valence-electron chi connectivity index (χ2n) is 11.0. The number of hydrogen-bond acceptors (Lipinski definition) is 3. The Hall–Kier alpha value is -1.86. The lowest BCUT2D eigenvalue weighted by molar-refractivity contribution is -0.135. The maximum Gasteiger partial charge on any atom is 0.408 e. The minimum atomic E-state index is -0.607. The minimum Gasteiger partial charge on any atom is -0.444 e. The van der Waals surface area contributed by atoms with Crippen LogP contribution < -0.4 is 5.32 Å². The molecule has 0 radical (unpaired) electrons. The van der Waals surface area contributed by atoms with Crippen LogP contribution in [0.5, 0.6) is 0 Å². The molecule has 0 saturated carbocycles. The van der Waals surface area contributed by atoms with Gasteiger partial charge in [-0.1, -0.05) is 70.2 Å². The summed E-state index contributed by atoms with van der Waals surface area (Å²) in [4.78, 5) is 28.1. The van der Waals surface area contributed by atoms with Crippen molar-refractivity contribution in [3.63, 3.8) is 0 Å². The normalized spacial score (nSPS) is 16.9. The van der Waals surface area contributed by atoms with Crippen molar-refractivity contribution in [1.82, 2.24) is 10.2 Å². The molecule has 1 aliphatic heterocycles. The Morgan fingerprint density at radius 3 is 2.06 bits per heavy atom. The fourth-order valence-corrected chi connectivity index (χ4v) is 6.34. The molecule has 1 spiro atoms. The van der Waals surface area contributed by atoms with E-state index in [0.29, 0.717) is 19.5 Å². The summed E-state index contributed by atoms with van der Waals surface area (Å²) < 4.78 is 7.60. The maximum atomic E-state index is 13.6. The number of hydrogen-bond donors (Lipinski definition) is 1. The largest absolute Gasteiger partial charge is 0.444 e. The van der Waals surface area contributed by atoms with Gasteiger partial charge >= 0.3 is 6.09 Å². The first kappa shape index (κ1) is 27.2. The van der Waals surface area contributed by atoms with E-state index in [0.717, 1.165) is 41.0 Å². The molecule has 0 aromatic heterocycles. The molecule has 2 amide bonds. The van der Waals surface area contributed by atoms with Crippen LogP contribution in [0.3, 0.4) is 0 Å². The van der Waals surface area contributed by atoms with E-state index < -0.39 is 17.7 Å². The van der Waals surface area contributed by atoms with Crippen LogP contribution in [0.1, 0.15) is 77.3 Å². The van der Waals surface area contributed by atoms with E-state index in [1.165, 1.54) is 22.3 Å². The fraction of sp³-hybridized carbons (Fsp3) is 0.517. The molecule has 7 heteroatoms. The van der Waals surface area contributed by atoms with Gasteiger partial charge in [-0.2, -0.15) is 0 Å². The highest BCUT2D eigenvalue weighted by molar-refractivity contribution is 9.10. The van der Waals surface area contributed by atoms with E-state index in [2.05, 4.69) is 80.5 Å². The van der Waals surface area contributed by atoms with Gasteiger partial charge in [-0.3, -0.25) is 4.79 Å². The fourth-order valence-electron chi connectivity index (χ4n) is 5.61. The summed E-state index contributed by atoms with van der Waals surface area (Å²) in [5, 5.41) is 2.87. The summed E-state index contributed by atoms with van der Waals surface area (Å²) in [6.07, 6.45) is 4.77. The van der Waals surface area contributed by atoms with E-state index in [1.54, 1.807) is 0 Å². The van der Waals surface area contributed by atoms with E-state index in [4.69, 9.17) is 4.74 Å². The van der Waals surface area contributed by atoms with Crippen molar-refractivity contribution in [3.8, 4) is 11.1 Å². The molecule has 1 heterocycles. The van der Waals surface area contributed by atoms with E-state index in [1.807, 2.05) is 25.7 Å². The average Bonchev–Trinajstić information content (AvgIpc) is 3.05. The first-order valence-electron chi connectivity index (χ1n) is 12.9. The third-order valence-electron chi connectivity index (χ3n) is 7.30. The van der Waals surface area contributed by atoms with Gasteiger partial charge in [0.05, 0.1) is 0 Å². The number of rotatable bonds is 6. The van der Waals surface area contributed by atoms with Crippen molar-refractivity contribution in [3.05, 3.63) is 56.5 Å². The van der Waals surface area contributed by atoms with Gasteiger partial charge in [0.15, 0.2) is 0 Å². The summed E-state index contributed by atoms with van der Waals surface area (Å²) in [6, 6.07) is 12.5. The molecule has 1 saturated heterocycles. The van der Waals surface area contributed by atoms with Gasteiger partial charge in [0, 0.05) is 27.4 Å². The molecule has 194 valence electrons. The number of fused-ring (bicyclic) bond motifs is 5. The highest BCUT2D eigenvalue weighted by Crippen LogP contribution is 2.55. The van der Waals surface area contributed by atoms with E-state index in [9.17, 15) is 9.59 Å². The van der Waals surface area contributed by atoms with E-state index in [-0.39, 0.29) is 11.3 Å². The molecule has 1 fully saturated rings. The number of halogens is 2. The van der Waals surface area contributed by atoms with Crippen molar-refractivity contribution in [2.75, 3.05) is 13.1 Å². The smallest absolute Gasteiger partial charge is 0.408 e. The van der Waals surface area contributed by atoms with Crippen LogP contribution >= 0.6 is 31.9 Å². The predicted octanol–water partition coefficient (Wildman–Crippen LogP) is 7.57. The lowest BCUT2D eigenvalue weighted by Crippen LogP contribution is -2.53. The number of carbonyl (C=O) groups is 2. The molecule has 1 aliphatic carbocycles. The lowest BCUT2D eigenvalue weighted by atomic mass is 9.71. The zero-order chi connectivity index (χ0) is 26.1. The van der Waals surface area contributed by atoms with Crippen molar-refractivity contribution >= 4 is 43.9 Å². The van der Waals surface area contributed by atoms with Gasteiger partial charge in [-0.25, -0.2) is 4.79 Å². The van der Waals surface area contributed by atoms with Gasteiger partial charge in [0.25, 0.3) is 0 Å². The first-order chi connectivity index (χ1) is 17.0. The molecular formula is C29H36Br2N2O3. The highest BCUT2D eigenvalue weighted by Gasteiger charge is 2.46. The predicted molar refractivity (Wildman–Crippen MR) is 151 cm³/mol. The number of piperidine rings is 1. The van der Waals surface area contributed by atoms with E-state index >= 15 is 0 Å². The first-order valence-corrected chi connectivity index (χ1v) is 14.5. The number of carbonyl (C=O) groups excluding carboxylic acids is 2. The Labute approximate surface area is 231 Å². The molecule has 2 aromatic rings. The molecule has 1 atom stereocenters. The number of amides is 2. The standard InChI is InChI=1S/C29H36Br2N2O3/c1-5-6-7-8-25(32-27(35)36-28(2,3)4)26(34)33-15-13-29(14-16-33)23-17-19(30)9-11-21(23)22-12-10-20(31)18-24(22)29/h9-12,17-18,25H,5-8,13-16H2,1-4H3,(H,32,35). The van der Waals surface area contributed by atoms with Gasteiger partial charge < -0.3 is 15.0 Å². The van der Waals surface area contributed by atoms with Crippen molar-refractivity contribution in [1.29, 1.82) is 0 Å². The summed E-state index contributed by atoms with van der Waals surface area (Å²) in [5.41, 5.74) is 4.51. The monoisotopic (exact) mass is 618 g/mol. The van der Waals surface area contributed by atoms with Crippen molar-refractivity contribution < 1.29 is 14.3 Å². The van der Waals surface area contributed by atoms with Crippen molar-refractivity contribution in [2.24, 2.45) is 0 Å². The van der Waals surface area contributed by atoms with Gasteiger partial charge in [0.1, 0.15) is 11.6 Å². The number of alkyl carbamates (subject to hydrolysis) is 1. The Bertz CT molecular complexity index is 1080. The number of likely N-dealkylation sites (tertiary alicyclic amines) is 1. The number of unbranched alkanes of at least 4 members (excludes halogenated alkanes) is 2. The second-order valence-corrected chi connectivity index (χ2v) is 12.8.